The summed E-state index contributed by atoms with van der Waals surface area (Å²) >= 11 is 0. The Morgan fingerprint density at radius 2 is 1.81 bits per heavy atom. The van der Waals surface area contributed by atoms with Crippen LogP contribution in [0.15, 0.2) is 60.7 Å². The summed E-state index contributed by atoms with van der Waals surface area (Å²) in [6.45, 7) is 0.434. The van der Waals surface area contributed by atoms with Gasteiger partial charge >= 0.3 is 0 Å². The van der Waals surface area contributed by atoms with Crippen molar-refractivity contribution in [1.29, 1.82) is 0 Å². The lowest BCUT2D eigenvalue weighted by Gasteiger charge is -2.11. The minimum absolute atomic E-state index is 0.262. The Bertz CT molecular complexity index is 765. The molecule has 1 N–H and O–H groups in total. The normalized spacial score (nSPS) is 10.6. The highest BCUT2D eigenvalue weighted by Crippen LogP contribution is 2.24. The van der Waals surface area contributed by atoms with Gasteiger partial charge in [-0.3, -0.25) is 0 Å². The van der Waals surface area contributed by atoms with Crippen molar-refractivity contribution in [3.05, 3.63) is 72.0 Å². The first-order valence-electron chi connectivity index (χ1n) is 6.82. The Labute approximate surface area is 123 Å². The minimum atomic E-state index is -0.262. The van der Waals surface area contributed by atoms with Crippen molar-refractivity contribution in [2.45, 2.75) is 6.54 Å². The number of halogens is 1. The fourth-order valence-corrected chi connectivity index (χ4v) is 2.37. The molecule has 0 bridgehead atoms. The molecule has 106 valence electrons. The predicted octanol–water partition coefficient (Wildman–Crippen LogP) is 4.60. The van der Waals surface area contributed by atoms with Gasteiger partial charge in [-0.05, 0) is 17.5 Å². The summed E-state index contributed by atoms with van der Waals surface area (Å²) in [4.78, 5) is 0. The smallest absolute Gasteiger partial charge is 0.131 e. The molecule has 0 saturated heterocycles. The van der Waals surface area contributed by atoms with Crippen molar-refractivity contribution in [2.24, 2.45) is 0 Å². The lowest BCUT2D eigenvalue weighted by Crippen LogP contribution is -2.02. The molecule has 0 aliphatic carbocycles. The van der Waals surface area contributed by atoms with Crippen LogP contribution in [0.25, 0.3) is 10.8 Å². The van der Waals surface area contributed by atoms with Crippen molar-refractivity contribution >= 4 is 16.5 Å². The standard InChI is InChI=1S/C18H16FNO/c1-21-15-10-9-14(17(19)11-15)12-20-18-8-4-6-13-5-2-3-7-16(13)18/h2-11,20H,12H2,1H3. The van der Waals surface area contributed by atoms with E-state index in [-0.39, 0.29) is 5.82 Å². The monoisotopic (exact) mass is 281 g/mol. The number of nitrogens with one attached hydrogen (secondary N) is 1. The first kappa shape index (κ1) is 13.4. The van der Waals surface area contributed by atoms with Crippen LogP contribution < -0.4 is 10.1 Å². The van der Waals surface area contributed by atoms with Crippen LogP contribution in [0.3, 0.4) is 0 Å². The van der Waals surface area contributed by atoms with Crippen LogP contribution >= 0.6 is 0 Å². The summed E-state index contributed by atoms with van der Waals surface area (Å²) in [6.07, 6.45) is 0. The molecule has 0 saturated carbocycles. The van der Waals surface area contributed by atoms with Gasteiger partial charge in [0.05, 0.1) is 7.11 Å². The van der Waals surface area contributed by atoms with Crippen LogP contribution in [0.4, 0.5) is 10.1 Å². The first-order chi connectivity index (χ1) is 10.3. The molecule has 3 heteroatoms. The predicted molar refractivity (Wildman–Crippen MR) is 84.2 cm³/mol. The van der Waals surface area contributed by atoms with Gasteiger partial charge in [0.15, 0.2) is 0 Å². The highest BCUT2D eigenvalue weighted by Gasteiger charge is 2.05. The third-order valence-electron chi connectivity index (χ3n) is 3.52. The van der Waals surface area contributed by atoms with Gasteiger partial charge < -0.3 is 10.1 Å². The molecule has 3 rings (SSSR count). The Hall–Kier alpha value is -2.55. The van der Waals surface area contributed by atoms with Gasteiger partial charge in [0.25, 0.3) is 0 Å². The van der Waals surface area contributed by atoms with E-state index in [2.05, 4.69) is 23.5 Å². The lowest BCUT2D eigenvalue weighted by molar-refractivity contribution is 0.411. The van der Waals surface area contributed by atoms with Gasteiger partial charge in [-0.25, -0.2) is 4.39 Å². The zero-order valence-electron chi connectivity index (χ0n) is 11.8. The Morgan fingerprint density at radius 1 is 1.00 bits per heavy atom. The molecule has 3 aromatic rings. The molecule has 0 heterocycles. The molecule has 0 aliphatic heterocycles. The summed E-state index contributed by atoms with van der Waals surface area (Å²) in [5.41, 5.74) is 1.62. The van der Waals surface area contributed by atoms with Gasteiger partial charge in [0, 0.05) is 29.2 Å². The molecule has 0 spiro atoms. The number of fused-ring (bicyclic) bond motifs is 1. The molecule has 21 heavy (non-hydrogen) atoms. The van der Waals surface area contributed by atoms with Crippen molar-refractivity contribution < 1.29 is 9.13 Å². The van der Waals surface area contributed by atoms with E-state index in [4.69, 9.17) is 4.74 Å². The summed E-state index contributed by atoms with van der Waals surface area (Å²) < 4.78 is 18.9. The van der Waals surface area contributed by atoms with Crippen molar-refractivity contribution in [1.82, 2.24) is 0 Å². The second kappa shape index (κ2) is 5.83. The second-order valence-electron chi connectivity index (χ2n) is 4.84. The van der Waals surface area contributed by atoms with Gasteiger partial charge in [0.2, 0.25) is 0 Å². The molecule has 0 fully saturated rings. The number of rotatable bonds is 4. The van der Waals surface area contributed by atoms with Gasteiger partial charge in [0.1, 0.15) is 11.6 Å². The number of hydrogen-bond donors (Lipinski definition) is 1. The van der Waals surface area contributed by atoms with Crippen molar-refractivity contribution in [2.75, 3.05) is 12.4 Å². The summed E-state index contributed by atoms with van der Waals surface area (Å²) in [6, 6.07) is 19.1. The van der Waals surface area contributed by atoms with E-state index in [1.807, 2.05) is 24.3 Å². The second-order valence-corrected chi connectivity index (χ2v) is 4.84. The van der Waals surface area contributed by atoms with E-state index in [9.17, 15) is 4.39 Å². The largest absolute Gasteiger partial charge is 0.497 e. The number of methoxy groups -OCH3 is 1. The highest BCUT2D eigenvalue weighted by atomic mass is 19.1. The van der Waals surface area contributed by atoms with E-state index in [1.165, 1.54) is 13.2 Å². The fourth-order valence-electron chi connectivity index (χ4n) is 2.37. The Morgan fingerprint density at radius 3 is 2.62 bits per heavy atom. The maximum atomic E-state index is 13.9. The number of ether oxygens (including phenoxy) is 1. The van der Waals surface area contributed by atoms with Crippen LogP contribution in [0.2, 0.25) is 0 Å². The Kier molecular flexibility index (Phi) is 3.73. The molecule has 0 radical (unpaired) electrons. The third kappa shape index (κ3) is 2.82. The molecule has 2 nitrogen and oxygen atoms in total. The summed E-state index contributed by atoms with van der Waals surface area (Å²) in [5, 5.41) is 5.60. The van der Waals surface area contributed by atoms with Gasteiger partial charge in [-0.2, -0.15) is 0 Å². The fraction of sp³-hybridized carbons (Fsp3) is 0.111. The molecule has 3 aromatic carbocycles. The number of hydrogen-bond acceptors (Lipinski definition) is 2. The topological polar surface area (TPSA) is 21.3 Å². The van der Waals surface area contributed by atoms with E-state index in [0.717, 1.165) is 16.5 Å². The Balaban J connectivity index is 1.84. The summed E-state index contributed by atoms with van der Waals surface area (Å²) in [7, 11) is 1.53. The molecule has 0 amide bonds. The van der Waals surface area contributed by atoms with Crippen LogP contribution in [-0.4, -0.2) is 7.11 Å². The zero-order chi connectivity index (χ0) is 14.7. The van der Waals surface area contributed by atoms with E-state index in [0.29, 0.717) is 17.9 Å². The molecule has 0 atom stereocenters. The van der Waals surface area contributed by atoms with E-state index < -0.39 is 0 Å². The third-order valence-corrected chi connectivity index (χ3v) is 3.52. The molecular formula is C18H16FNO. The molecular weight excluding hydrogens is 265 g/mol. The zero-order valence-corrected chi connectivity index (χ0v) is 11.8. The maximum absolute atomic E-state index is 13.9. The van der Waals surface area contributed by atoms with Crippen LogP contribution in [0, 0.1) is 5.82 Å². The number of benzene rings is 3. The van der Waals surface area contributed by atoms with Crippen molar-refractivity contribution in [3.63, 3.8) is 0 Å². The average Bonchev–Trinajstić information content (AvgIpc) is 2.53. The minimum Gasteiger partial charge on any atom is -0.497 e. The van der Waals surface area contributed by atoms with Crippen molar-refractivity contribution in [3.8, 4) is 5.75 Å². The lowest BCUT2D eigenvalue weighted by atomic mass is 10.1. The van der Waals surface area contributed by atoms with Crippen LogP contribution in [0.1, 0.15) is 5.56 Å². The molecule has 0 aromatic heterocycles. The van der Waals surface area contributed by atoms with E-state index >= 15 is 0 Å². The SMILES string of the molecule is COc1ccc(CNc2cccc3ccccc23)c(F)c1. The molecule has 0 aliphatic rings. The van der Waals surface area contributed by atoms with Gasteiger partial charge in [-0.1, -0.05) is 42.5 Å². The number of anilines is 1. The van der Waals surface area contributed by atoms with Crippen LogP contribution in [-0.2, 0) is 6.54 Å². The summed E-state index contributed by atoms with van der Waals surface area (Å²) in [5.74, 6) is 0.267. The first-order valence-corrected chi connectivity index (χ1v) is 6.82. The highest BCUT2D eigenvalue weighted by molar-refractivity contribution is 5.93. The van der Waals surface area contributed by atoms with E-state index in [1.54, 1.807) is 12.1 Å². The van der Waals surface area contributed by atoms with Crippen LogP contribution in [0.5, 0.6) is 5.75 Å². The quantitative estimate of drug-likeness (QED) is 0.754. The molecule has 0 unspecified atom stereocenters. The maximum Gasteiger partial charge on any atom is 0.131 e. The average molecular weight is 281 g/mol. The van der Waals surface area contributed by atoms with Gasteiger partial charge in [-0.15, -0.1) is 0 Å².